The van der Waals surface area contributed by atoms with E-state index in [1.54, 1.807) is 7.05 Å². The summed E-state index contributed by atoms with van der Waals surface area (Å²) in [5.74, 6) is 0. The Bertz CT molecular complexity index is 748. The van der Waals surface area contributed by atoms with E-state index in [2.05, 4.69) is 4.98 Å². The number of hydrogen-bond donors (Lipinski definition) is 2. The average Bonchev–Trinajstić information content (AvgIpc) is 2.62. The summed E-state index contributed by atoms with van der Waals surface area (Å²) in [5, 5.41) is 8.95. The first-order chi connectivity index (χ1) is 7.99. The predicted octanol–water partition coefficient (Wildman–Crippen LogP) is -0.911. The van der Waals surface area contributed by atoms with Crippen molar-refractivity contribution in [1.29, 1.82) is 0 Å². The fraction of sp³-hybridized carbons (Fsp3) is 0.444. The molecule has 92 valence electrons. The van der Waals surface area contributed by atoms with Gasteiger partial charge in [0.2, 0.25) is 0 Å². The van der Waals surface area contributed by atoms with E-state index in [1.165, 1.54) is 16.2 Å². The molecule has 0 amide bonds. The number of aliphatic hydroxyl groups excluding tert-OH is 1. The Balaban J connectivity index is 3.08. The van der Waals surface area contributed by atoms with E-state index in [-0.39, 0.29) is 13.2 Å². The van der Waals surface area contributed by atoms with Crippen molar-refractivity contribution in [1.82, 2.24) is 18.7 Å². The van der Waals surface area contributed by atoms with Gasteiger partial charge in [0.1, 0.15) is 5.65 Å². The zero-order valence-corrected chi connectivity index (χ0v) is 10.2. The minimum atomic E-state index is -0.427. The van der Waals surface area contributed by atoms with E-state index in [1.807, 2.05) is 0 Å². The quantitative estimate of drug-likeness (QED) is 0.681. The standard InChI is InChI=1S/C9H12N4O3S/c1-11-6-5(7(15)12(2)9(11)16)13(3-4-14)8(17)10-6/h14H,3-4H2,1-2H3,(H,10,17). The van der Waals surface area contributed by atoms with Crippen molar-refractivity contribution in [2.45, 2.75) is 6.54 Å². The maximum atomic E-state index is 12.0. The van der Waals surface area contributed by atoms with E-state index in [0.717, 1.165) is 4.57 Å². The van der Waals surface area contributed by atoms with Crippen molar-refractivity contribution in [3.05, 3.63) is 25.6 Å². The Morgan fingerprint density at radius 1 is 1.29 bits per heavy atom. The molecule has 0 aliphatic carbocycles. The highest BCUT2D eigenvalue weighted by molar-refractivity contribution is 7.71. The van der Waals surface area contributed by atoms with E-state index >= 15 is 0 Å². The van der Waals surface area contributed by atoms with Crippen LogP contribution in [0.3, 0.4) is 0 Å². The molecule has 0 aliphatic heterocycles. The van der Waals surface area contributed by atoms with Gasteiger partial charge in [0.05, 0.1) is 6.61 Å². The smallest absolute Gasteiger partial charge is 0.332 e. The molecule has 0 aromatic carbocycles. The molecule has 17 heavy (non-hydrogen) atoms. The molecule has 0 saturated heterocycles. The molecule has 2 aromatic rings. The number of H-pyrrole nitrogens is 1. The number of aliphatic hydroxyl groups is 1. The lowest BCUT2D eigenvalue weighted by Gasteiger charge is -2.05. The van der Waals surface area contributed by atoms with Crippen LogP contribution in [0.15, 0.2) is 9.59 Å². The second kappa shape index (κ2) is 3.97. The number of nitrogens with zero attached hydrogens (tertiary/aromatic N) is 3. The molecule has 2 heterocycles. The van der Waals surface area contributed by atoms with Gasteiger partial charge in [0.15, 0.2) is 10.3 Å². The Morgan fingerprint density at radius 2 is 1.94 bits per heavy atom. The van der Waals surface area contributed by atoms with Crippen LogP contribution in [0, 0.1) is 4.77 Å². The molecule has 2 aromatic heterocycles. The summed E-state index contributed by atoms with van der Waals surface area (Å²) in [6, 6.07) is 0. The number of rotatable bonds is 2. The van der Waals surface area contributed by atoms with Gasteiger partial charge < -0.3 is 14.7 Å². The van der Waals surface area contributed by atoms with Gasteiger partial charge in [-0.1, -0.05) is 0 Å². The molecule has 0 fully saturated rings. The molecule has 8 heteroatoms. The van der Waals surface area contributed by atoms with Crippen LogP contribution in [0.5, 0.6) is 0 Å². The molecule has 0 radical (unpaired) electrons. The summed E-state index contributed by atoms with van der Waals surface area (Å²) in [4.78, 5) is 26.5. The number of imidazole rings is 1. The van der Waals surface area contributed by atoms with Gasteiger partial charge >= 0.3 is 5.69 Å². The van der Waals surface area contributed by atoms with Gasteiger partial charge in [-0.2, -0.15) is 0 Å². The molecule has 0 bridgehead atoms. The molecule has 2 N–H and O–H groups in total. The summed E-state index contributed by atoms with van der Waals surface area (Å²) >= 11 is 5.06. The number of nitrogens with one attached hydrogen (secondary N) is 1. The number of aromatic amines is 1. The molecule has 0 atom stereocenters. The summed E-state index contributed by atoms with van der Waals surface area (Å²) < 4.78 is 4.14. The Labute approximate surface area is 101 Å². The van der Waals surface area contributed by atoms with E-state index in [0.29, 0.717) is 15.9 Å². The van der Waals surface area contributed by atoms with E-state index in [9.17, 15) is 9.59 Å². The minimum absolute atomic E-state index is 0.132. The lowest BCUT2D eigenvalue weighted by atomic mass is 10.5. The molecule has 0 saturated carbocycles. The summed E-state index contributed by atoms with van der Waals surface area (Å²) in [7, 11) is 2.96. The van der Waals surface area contributed by atoms with Crippen LogP contribution < -0.4 is 11.2 Å². The number of fused-ring (bicyclic) bond motifs is 1. The maximum Gasteiger partial charge on any atom is 0.332 e. The van der Waals surface area contributed by atoms with Crippen molar-refractivity contribution in [2.24, 2.45) is 14.1 Å². The third-order valence-electron chi connectivity index (χ3n) is 2.70. The largest absolute Gasteiger partial charge is 0.395 e. The van der Waals surface area contributed by atoms with Gasteiger partial charge in [-0.15, -0.1) is 0 Å². The third kappa shape index (κ3) is 1.56. The van der Waals surface area contributed by atoms with Crippen LogP contribution in [-0.2, 0) is 20.6 Å². The van der Waals surface area contributed by atoms with E-state index < -0.39 is 11.2 Å². The second-order valence-corrected chi connectivity index (χ2v) is 4.10. The number of aryl methyl sites for hydroxylation is 1. The Morgan fingerprint density at radius 3 is 2.53 bits per heavy atom. The Hall–Kier alpha value is -1.67. The Kier molecular flexibility index (Phi) is 2.76. The summed E-state index contributed by atoms with van der Waals surface area (Å²) in [6.07, 6.45) is 0. The highest BCUT2D eigenvalue weighted by Crippen LogP contribution is 2.06. The fourth-order valence-corrected chi connectivity index (χ4v) is 2.08. The zero-order chi connectivity index (χ0) is 12.7. The number of aromatic nitrogens is 4. The molecule has 0 aliphatic rings. The van der Waals surface area contributed by atoms with Gasteiger partial charge in [-0.05, 0) is 12.2 Å². The second-order valence-electron chi connectivity index (χ2n) is 3.71. The van der Waals surface area contributed by atoms with Gasteiger partial charge in [-0.3, -0.25) is 13.9 Å². The molecule has 0 unspecified atom stereocenters. The highest BCUT2D eigenvalue weighted by Gasteiger charge is 2.14. The van der Waals surface area contributed by atoms with Crippen molar-refractivity contribution < 1.29 is 5.11 Å². The molecule has 2 rings (SSSR count). The van der Waals surface area contributed by atoms with Crippen molar-refractivity contribution >= 4 is 23.4 Å². The average molecular weight is 256 g/mol. The van der Waals surface area contributed by atoms with Gasteiger partial charge in [0.25, 0.3) is 5.56 Å². The predicted molar refractivity (Wildman–Crippen MR) is 64.7 cm³/mol. The summed E-state index contributed by atoms with van der Waals surface area (Å²) in [6.45, 7) is 0.0829. The van der Waals surface area contributed by atoms with Crippen LogP contribution in [0.4, 0.5) is 0 Å². The minimum Gasteiger partial charge on any atom is -0.395 e. The van der Waals surface area contributed by atoms with Crippen molar-refractivity contribution in [3.8, 4) is 0 Å². The maximum absolute atomic E-state index is 12.0. The number of hydrogen-bond acceptors (Lipinski definition) is 4. The van der Waals surface area contributed by atoms with Gasteiger partial charge in [0, 0.05) is 20.6 Å². The van der Waals surface area contributed by atoms with Crippen LogP contribution in [0.25, 0.3) is 11.2 Å². The van der Waals surface area contributed by atoms with Crippen LogP contribution in [-0.4, -0.2) is 30.4 Å². The zero-order valence-electron chi connectivity index (χ0n) is 9.43. The van der Waals surface area contributed by atoms with Crippen LogP contribution in [0.2, 0.25) is 0 Å². The normalized spacial score (nSPS) is 11.2. The molecular weight excluding hydrogens is 244 g/mol. The first-order valence-electron chi connectivity index (χ1n) is 4.98. The fourth-order valence-electron chi connectivity index (χ4n) is 1.80. The van der Waals surface area contributed by atoms with Crippen LogP contribution >= 0.6 is 12.2 Å². The van der Waals surface area contributed by atoms with Gasteiger partial charge in [-0.25, -0.2) is 4.79 Å². The lowest BCUT2D eigenvalue weighted by Crippen LogP contribution is -2.37. The molecule has 7 nitrogen and oxygen atoms in total. The molecular formula is C9H12N4O3S. The molecule has 0 spiro atoms. The van der Waals surface area contributed by atoms with E-state index in [4.69, 9.17) is 17.3 Å². The SMILES string of the molecule is Cn1c(=O)c2c([nH]c(=S)n2CCO)n(C)c1=O. The van der Waals surface area contributed by atoms with Crippen LogP contribution in [0.1, 0.15) is 0 Å². The van der Waals surface area contributed by atoms with Crippen molar-refractivity contribution in [3.63, 3.8) is 0 Å². The first kappa shape index (κ1) is 11.8. The topological polar surface area (TPSA) is 84.9 Å². The first-order valence-corrected chi connectivity index (χ1v) is 5.39. The van der Waals surface area contributed by atoms with Crippen molar-refractivity contribution in [2.75, 3.05) is 6.61 Å². The monoisotopic (exact) mass is 256 g/mol. The lowest BCUT2D eigenvalue weighted by molar-refractivity contribution is 0.277. The third-order valence-corrected chi connectivity index (χ3v) is 3.03. The summed E-state index contributed by atoms with van der Waals surface area (Å²) in [5.41, 5.74) is -0.177. The highest BCUT2D eigenvalue weighted by atomic mass is 32.1.